The molecule has 0 atom stereocenters. The van der Waals surface area contributed by atoms with Crippen LogP contribution in [-0.2, 0) is 30.2 Å². The number of benzene rings is 8. The van der Waals surface area contributed by atoms with Crippen LogP contribution in [0.1, 0.15) is 58.2 Å². The van der Waals surface area contributed by atoms with Gasteiger partial charge in [-0.1, -0.05) is 42.5 Å². The third kappa shape index (κ3) is 7.38. The zero-order valence-electron chi connectivity index (χ0n) is 43.7. The van der Waals surface area contributed by atoms with Gasteiger partial charge in [-0.05, 0) is 11.6 Å². The minimum absolute atomic E-state index is 0.150. The third-order valence-corrected chi connectivity index (χ3v) is 14.4. The van der Waals surface area contributed by atoms with E-state index in [1.807, 2.05) is 75.9 Å². The molecule has 6 nitrogen and oxygen atoms in total. The van der Waals surface area contributed by atoms with Crippen molar-refractivity contribution < 1.29 is 29.6 Å². The Morgan fingerprint density at radius 3 is 1.97 bits per heavy atom. The topological polar surface area (TPSA) is 38.5 Å². The van der Waals surface area contributed by atoms with Crippen LogP contribution < -0.4 is 19.8 Å². The average molecular weight is 1090 g/mol. The van der Waals surface area contributed by atoms with Crippen LogP contribution >= 0.6 is 0 Å². The van der Waals surface area contributed by atoms with Gasteiger partial charge >= 0.3 is 346 Å². The van der Waals surface area contributed by atoms with E-state index in [1.165, 1.54) is 22.3 Å². The molecular formula is C62H50BN5OPt-2. The van der Waals surface area contributed by atoms with Crippen LogP contribution in [0.25, 0.3) is 55.8 Å². The van der Waals surface area contributed by atoms with Crippen LogP contribution in [0.15, 0.2) is 194 Å². The molecule has 8 aromatic carbocycles. The zero-order chi connectivity index (χ0) is 51.4. The van der Waals surface area contributed by atoms with Crippen molar-refractivity contribution in [2.24, 2.45) is 0 Å². The molecule has 70 heavy (non-hydrogen) atoms. The summed E-state index contributed by atoms with van der Waals surface area (Å²) in [6.45, 7) is 13.2. The molecule has 8 heteroatoms. The van der Waals surface area contributed by atoms with E-state index in [0.717, 1.165) is 50.5 Å². The number of pyridine rings is 1. The van der Waals surface area contributed by atoms with Crippen molar-refractivity contribution in [3.8, 4) is 56.4 Å². The van der Waals surface area contributed by atoms with Crippen molar-refractivity contribution in [1.29, 1.82) is 0 Å². The first kappa shape index (κ1) is 39.4. The number of ether oxygens (including phenoxy) is 1. The van der Waals surface area contributed by atoms with E-state index in [2.05, 4.69) is 186 Å². The molecular weight excluding hydrogens is 1040 g/mol. The molecule has 12 rings (SSSR count). The zero-order valence-corrected chi connectivity index (χ0v) is 42.0. The van der Waals surface area contributed by atoms with Gasteiger partial charge in [-0.15, -0.1) is 6.07 Å². The fraction of sp³-hybridized carbons (Fsp3) is 0.129. The normalized spacial score (nSPS) is 13.8. The SMILES string of the molecule is [2H]c1c([2H])c([2H])c2c(c1[2H])n(-c1[c-]c(Oc3cccc(N4B5c6ccccc6-c6ccccc6N5c5ccc[c-]c54)n3)ccc1)[c](=[Pt])n2-c1c(-c2ccccc2)cccc1-c1cc(C(C)(C)C)cc(C(C)(C)C)c1. The van der Waals surface area contributed by atoms with Gasteiger partial charge in [0.1, 0.15) is 0 Å². The van der Waals surface area contributed by atoms with Crippen molar-refractivity contribution in [3.63, 3.8) is 0 Å². The van der Waals surface area contributed by atoms with E-state index < -0.39 is 0 Å². The first-order chi connectivity index (χ1) is 35.6. The first-order valence-electron chi connectivity index (χ1n) is 25.6. The molecule has 4 heterocycles. The van der Waals surface area contributed by atoms with Crippen molar-refractivity contribution in [1.82, 2.24) is 14.1 Å². The molecule has 0 N–H and O–H groups in total. The van der Waals surface area contributed by atoms with Crippen molar-refractivity contribution >= 4 is 46.4 Å². The molecule has 0 bridgehead atoms. The van der Waals surface area contributed by atoms with Gasteiger partial charge in [0.15, 0.2) is 0 Å². The number of hydrogen-bond donors (Lipinski definition) is 0. The van der Waals surface area contributed by atoms with E-state index in [1.54, 1.807) is 0 Å². The Kier molecular flexibility index (Phi) is 9.50. The molecule has 2 aliphatic heterocycles. The number of anilines is 4. The first-order valence-corrected chi connectivity index (χ1v) is 24.7. The van der Waals surface area contributed by atoms with Gasteiger partial charge in [0, 0.05) is 11.3 Å². The number of nitrogens with zero attached hydrogens (tertiary/aromatic N) is 5. The van der Waals surface area contributed by atoms with Gasteiger partial charge in [0.2, 0.25) is 0 Å². The van der Waals surface area contributed by atoms with Gasteiger partial charge in [-0.2, -0.15) is 12.1 Å². The second-order valence-corrected chi connectivity index (χ2v) is 21.0. The summed E-state index contributed by atoms with van der Waals surface area (Å²) in [6, 6.07) is 63.9. The molecule has 0 radical (unpaired) electrons. The molecule has 10 aromatic rings. The number of rotatable bonds is 7. The average Bonchev–Trinajstić information content (AvgIpc) is 3.93. The predicted octanol–water partition coefficient (Wildman–Crippen LogP) is 14.9. The molecule has 2 aromatic heterocycles. The minimum atomic E-state index is -0.328. The van der Waals surface area contributed by atoms with E-state index >= 15 is 0 Å². The number of hydrogen-bond acceptors (Lipinski definition) is 4. The van der Waals surface area contributed by atoms with Gasteiger partial charge < -0.3 is 0 Å². The summed E-state index contributed by atoms with van der Waals surface area (Å²) in [4.78, 5) is 9.77. The molecule has 2 aliphatic rings. The van der Waals surface area contributed by atoms with Gasteiger partial charge in [-0.3, -0.25) is 0 Å². The van der Waals surface area contributed by atoms with Crippen LogP contribution in [0.5, 0.6) is 11.6 Å². The Hall–Kier alpha value is -7.47. The van der Waals surface area contributed by atoms with Gasteiger partial charge in [-0.25, -0.2) is 0 Å². The number of aromatic nitrogens is 3. The van der Waals surface area contributed by atoms with Crippen LogP contribution in [0.4, 0.5) is 22.9 Å². The van der Waals surface area contributed by atoms with E-state index in [9.17, 15) is 2.74 Å². The Morgan fingerprint density at radius 1 is 0.586 bits per heavy atom. The summed E-state index contributed by atoms with van der Waals surface area (Å²) in [6.07, 6.45) is 0. The summed E-state index contributed by atoms with van der Waals surface area (Å²) in [7, 11) is 0. The molecule has 0 amide bonds. The number of para-hydroxylation sites is 5. The van der Waals surface area contributed by atoms with Gasteiger partial charge in [0.05, 0.1) is 0 Å². The molecule has 0 saturated carbocycles. The summed E-state index contributed by atoms with van der Waals surface area (Å²) < 4.78 is 48.5. The fourth-order valence-electron chi connectivity index (χ4n) is 9.99. The Balaban J connectivity index is 1.02. The molecule has 0 unspecified atom stereocenters. The summed E-state index contributed by atoms with van der Waals surface area (Å²) in [5, 5.41) is 0. The van der Waals surface area contributed by atoms with Gasteiger partial charge in [0.25, 0.3) is 0 Å². The third-order valence-electron chi connectivity index (χ3n) is 13.4. The van der Waals surface area contributed by atoms with Crippen LogP contribution in [0, 0.1) is 15.9 Å². The number of imidazole rings is 1. The van der Waals surface area contributed by atoms with E-state index in [4.69, 9.17) is 12.5 Å². The molecule has 344 valence electrons. The quantitative estimate of drug-likeness (QED) is 0.118. The number of fused-ring (bicyclic) bond motifs is 9. The Labute approximate surface area is 427 Å². The maximum atomic E-state index is 9.65. The molecule has 0 saturated heterocycles. The van der Waals surface area contributed by atoms with E-state index in [-0.39, 0.29) is 42.0 Å². The Morgan fingerprint density at radius 2 is 1.21 bits per heavy atom. The van der Waals surface area contributed by atoms with Crippen LogP contribution in [0.2, 0.25) is 0 Å². The maximum absolute atomic E-state index is 9.65. The summed E-state index contributed by atoms with van der Waals surface area (Å²) >= 11 is 2.27. The van der Waals surface area contributed by atoms with Crippen molar-refractivity contribution in [2.75, 3.05) is 9.62 Å². The standard InChI is InChI=1S/C62H50BN5O.Pt/c1-61(2,3)44-37-43(38-45(39-44)62(4,5)6)49-28-19-27-48(42-21-8-7-9-22-42)60(49)66-41-65(54-31-14-15-32-55(54)66)46-23-18-24-47(40-46)69-59-36-20-35-58(64-59)68-57-34-17-16-33-56(57)67-53-30-13-11-26-51(53)50-25-10-12-29-52(50)63(67)68;/h7-33,35-39H,1-6H3;/q-2;/i14D,15D,31D,32D;. The molecule has 0 fully saturated rings. The second-order valence-electron chi connectivity index (χ2n) is 19.9. The molecule has 0 spiro atoms. The summed E-state index contributed by atoms with van der Waals surface area (Å²) in [5.74, 6) is 1.42. The van der Waals surface area contributed by atoms with Crippen molar-refractivity contribution in [3.05, 3.63) is 221 Å². The van der Waals surface area contributed by atoms with Crippen LogP contribution in [-0.4, -0.2) is 21.1 Å². The molecule has 0 aliphatic carbocycles. The fourth-order valence-corrected chi connectivity index (χ4v) is 11.0. The van der Waals surface area contributed by atoms with E-state index in [0.29, 0.717) is 38.0 Å². The monoisotopic (exact) mass is 1090 g/mol. The second kappa shape index (κ2) is 16.9. The Bertz CT molecular complexity index is 3940. The predicted molar refractivity (Wildman–Crippen MR) is 284 cm³/mol. The summed E-state index contributed by atoms with van der Waals surface area (Å²) in [5.41, 5.74) is 14.4. The van der Waals surface area contributed by atoms with Crippen LogP contribution in [0.3, 0.4) is 0 Å². The van der Waals surface area contributed by atoms with Crippen molar-refractivity contribution in [2.45, 2.75) is 52.4 Å².